The third-order valence-electron chi connectivity index (χ3n) is 6.18. The number of piperidine rings is 2. The molecule has 0 aliphatic carbocycles. The molecule has 2 aliphatic rings. The van der Waals surface area contributed by atoms with E-state index in [1.54, 1.807) is 19.5 Å². The first-order chi connectivity index (χ1) is 15.2. The molecule has 1 amide bonds. The highest BCUT2D eigenvalue weighted by Gasteiger charge is 2.30. The normalized spacial score (nSPS) is 18.5. The van der Waals surface area contributed by atoms with Crippen molar-refractivity contribution in [2.75, 3.05) is 39.9 Å². The summed E-state index contributed by atoms with van der Waals surface area (Å²) in [4.78, 5) is 21.1. The van der Waals surface area contributed by atoms with E-state index in [9.17, 15) is 4.79 Å². The van der Waals surface area contributed by atoms with Gasteiger partial charge < -0.3 is 19.1 Å². The van der Waals surface area contributed by atoms with E-state index in [2.05, 4.69) is 9.88 Å². The van der Waals surface area contributed by atoms with Gasteiger partial charge in [0, 0.05) is 44.6 Å². The standard InChI is InChI=1S/C24H31N3O4/c1-29-20-2-4-21(5-3-20)30-18-24(28)27-14-8-19(9-15-27)26-16-10-23(11-17-26)31-22-6-12-25-13-7-22/h2-7,12-13,19,23H,8-11,14-18H2,1H3. The third kappa shape index (κ3) is 5.88. The maximum absolute atomic E-state index is 12.5. The number of carbonyl (C=O) groups excluding carboxylic acids is 1. The molecular formula is C24H31N3O4. The van der Waals surface area contributed by atoms with Gasteiger partial charge in [0.25, 0.3) is 5.91 Å². The Hall–Kier alpha value is -2.80. The number of benzene rings is 1. The van der Waals surface area contributed by atoms with Crippen LogP contribution in [0.4, 0.5) is 0 Å². The number of pyridine rings is 1. The number of amides is 1. The molecule has 0 atom stereocenters. The molecule has 4 rings (SSSR count). The molecule has 7 nitrogen and oxygen atoms in total. The summed E-state index contributed by atoms with van der Waals surface area (Å²) in [5.74, 6) is 2.41. The molecule has 2 aliphatic heterocycles. The number of nitrogens with zero attached hydrogens (tertiary/aromatic N) is 3. The second kappa shape index (κ2) is 10.5. The highest BCUT2D eigenvalue weighted by atomic mass is 16.5. The van der Waals surface area contributed by atoms with Gasteiger partial charge in [-0.25, -0.2) is 0 Å². The summed E-state index contributed by atoms with van der Waals surface area (Å²) in [5.41, 5.74) is 0. The SMILES string of the molecule is COc1ccc(OCC(=O)N2CCC(N3CCC(Oc4ccncc4)CC3)CC2)cc1. The van der Waals surface area contributed by atoms with Gasteiger partial charge in [-0.15, -0.1) is 0 Å². The van der Waals surface area contributed by atoms with Gasteiger partial charge in [0.1, 0.15) is 23.4 Å². The van der Waals surface area contributed by atoms with E-state index in [1.807, 2.05) is 41.3 Å². The van der Waals surface area contributed by atoms with Crippen molar-refractivity contribution in [1.29, 1.82) is 0 Å². The average Bonchev–Trinajstić information content (AvgIpc) is 2.84. The van der Waals surface area contributed by atoms with Gasteiger partial charge in [-0.3, -0.25) is 14.7 Å². The van der Waals surface area contributed by atoms with Crippen LogP contribution in [0.2, 0.25) is 0 Å². The van der Waals surface area contributed by atoms with Crippen LogP contribution in [-0.4, -0.2) is 72.7 Å². The number of hydrogen-bond acceptors (Lipinski definition) is 6. The van der Waals surface area contributed by atoms with Crippen LogP contribution in [0, 0.1) is 0 Å². The number of ether oxygens (including phenoxy) is 3. The molecule has 0 spiro atoms. The van der Waals surface area contributed by atoms with Gasteiger partial charge in [0.05, 0.1) is 7.11 Å². The van der Waals surface area contributed by atoms with Crippen LogP contribution in [0.5, 0.6) is 17.2 Å². The zero-order chi connectivity index (χ0) is 21.5. The maximum Gasteiger partial charge on any atom is 0.260 e. The lowest BCUT2D eigenvalue weighted by molar-refractivity contribution is -0.135. The highest BCUT2D eigenvalue weighted by Crippen LogP contribution is 2.24. The number of likely N-dealkylation sites (tertiary alicyclic amines) is 2. The van der Waals surface area contributed by atoms with Crippen molar-refractivity contribution in [3.05, 3.63) is 48.8 Å². The van der Waals surface area contributed by atoms with Crippen molar-refractivity contribution in [3.63, 3.8) is 0 Å². The van der Waals surface area contributed by atoms with Gasteiger partial charge in [-0.2, -0.15) is 0 Å². The van der Waals surface area contributed by atoms with Crippen molar-refractivity contribution in [1.82, 2.24) is 14.8 Å². The summed E-state index contributed by atoms with van der Waals surface area (Å²) in [6.07, 6.45) is 7.92. The van der Waals surface area contributed by atoms with Gasteiger partial charge in [-0.05, 0) is 62.1 Å². The minimum Gasteiger partial charge on any atom is -0.497 e. The number of hydrogen-bond donors (Lipinski definition) is 0. The quantitative estimate of drug-likeness (QED) is 0.680. The number of aromatic nitrogens is 1. The zero-order valence-electron chi connectivity index (χ0n) is 18.1. The molecule has 0 bridgehead atoms. The molecule has 0 radical (unpaired) electrons. The van der Waals surface area contributed by atoms with Crippen molar-refractivity contribution in [2.45, 2.75) is 37.8 Å². The van der Waals surface area contributed by atoms with Gasteiger partial charge >= 0.3 is 0 Å². The Labute approximate surface area is 183 Å². The highest BCUT2D eigenvalue weighted by molar-refractivity contribution is 5.77. The zero-order valence-corrected chi connectivity index (χ0v) is 18.1. The lowest BCUT2D eigenvalue weighted by Gasteiger charge is -2.41. The molecule has 2 aromatic rings. The Kier molecular flexibility index (Phi) is 7.25. The average molecular weight is 426 g/mol. The number of carbonyl (C=O) groups is 1. The first-order valence-corrected chi connectivity index (χ1v) is 11.1. The number of rotatable bonds is 7. The lowest BCUT2D eigenvalue weighted by atomic mass is 9.99. The molecule has 0 saturated carbocycles. The minimum absolute atomic E-state index is 0.0544. The Balaban J connectivity index is 1.16. The van der Waals surface area contributed by atoms with Crippen LogP contribution in [0.3, 0.4) is 0 Å². The van der Waals surface area contributed by atoms with Gasteiger partial charge in [-0.1, -0.05) is 0 Å². The molecular weight excluding hydrogens is 394 g/mol. The minimum atomic E-state index is 0.0544. The van der Waals surface area contributed by atoms with E-state index in [1.165, 1.54) is 0 Å². The largest absolute Gasteiger partial charge is 0.497 e. The van der Waals surface area contributed by atoms with E-state index in [0.29, 0.717) is 11.8 Å². The fourth-order valence-electron chi connectivity index (χ4n) is 4.36. The molecule has 1 aromatic heterocycles. The summed E-state index contributed by atoms with van der Waals surface area (Å²) in [7, 11) is 1.63. The molecule has 0 N–H and O–H groups in total. The molecule has 1 aromatic carbocycles. The Morgan fingerprint density at radius 3 is 2.19 bits per heavy atom. The van der Waals surface area contributed by atoms with Crippen molar-refractivity contribution in [2.24, 2.45) is 0 Å². The predicted molar refractivity (Wildman–Crippen MR) is 118 cm³/mol. The molecule has 2 saturated heterocycles. The van der Waals surface area contributed by atoms with Crippen molar-refractivity contribution >= 4 is 5.91 Å². The fraction of sp³-hybridized carbons (Fsp3) is 0.500. The second-order valence-electron chi connectivity index (χ2n) is 8.11. The maximum atomic E-state index is 12.5. The van der Waals surface area contributed by atoms with Crippen LogP contribution in [-0.2, 0) is 4.79 Å². The summed E-state index contributed by atoms with van der Waals surface area (Å²) in [6, 6.07) is 11.7. The summed E-state index contributed by atoms with van der Waals surface area (Å²) in [6.45, 7) is 3.77. The molecule has 0 unspecified atom stereocenters. The lowest BCUT2D eigenvalue weighted by Crippen LogP contribution is -2.50. The second-order valence-corrected chi connectivity index (χ2v) is 8.11. The molecule has 7 heteroatoms. The first-order valence-electron chi connectivity index (χ1n) is 11.1. The van der Waals surface area contributed by atoms with Gasteiger partial charge in [0.15, 0.2) is 6.61 Å². The molecule has 31 heavy (non-hydrogen) atoms. The van der Waals surface area contributed by atoms with Crippen LogP contribution in [0.1, 0.15) is 25.7 Å². The first kappa shape index (κ1) is 21.4. The summed E-state index contributed by atoms with van der Waals surface area (Å²) < 4.78 is 16.9. The number of methoxy groups -OCH3 is 1. The molecule has 166 valence electrons. The summed E-state index contributed by atoms with van der Waals surface area (Å²) >= 11 is 0. The van der Waals surface area contributed by atoms with E-state index in [0.717, 1.165) is 63.4 Å². The van der Waals surface area contributed by atoms with E-state index < -0.39 is 0 Å². The smallest absolute Gasteiger partial charge is 0.260 e. The van der Waals surface area contributed by atoms with Crippen molar-refractivity contribution in [3.8, 4) is 17.2 Å². The Morgan fingerprint density at radius 2 is 1.55 bits per heavy atom. The Morgan fingerprint density at radius 1 is 0.903 bits per heavy atom. The van der Waals surface area contributed by atoms with Crippen LogP contribution in [0.15, 0.2) is 48.8 Å². The topological polar surface area (TPSA) is 64.1 Å². The van der Waals surface area contributed by atoms with Crippen molar-refractivity contribution < 1.29 is 19.0 Å². The molecule has 2 fully saturated rings. The van der Waals surface area contributed by atoms with Crippen LogP contribution < -0.4 is 14.2 Å². The van der Waals surface area contributed by atoms with E-state index >= 15 is 0 Å². The van der Waals surface area contributed by atoms with Gasteiger partial charge in [0.2, 0.25) is 0 Å². The third-order valence-corrected chi connectivity index (χ3v) is 6.18. The van der Waals surface area contributed by atoms with E-state index in [4.69, 9.17) is 14.2 Å². The van der Waals surface area contributed by atoms with Crippen LogP contribution in [0.25, 0.3) is 0 Å². The van der Waals surface area contributed by atoms with Crippen LogP contribution >= 0.6 is 0 Å². The fourth-order valence-corrected chi connectivity index (χ4v) is 4.36. The Bertz CT molecular complexity index is 814. The molecule has 3 heterocycles. The van der Waals surface area contributed by atoms with E-state index in [-0.39, 0.29) is 18.6 Å². The summed E-state index contributed by atoms with van der Waals surface area (Å²) in [5, 5.41) is 0. The monoisotopic (exact) mass is 425 g/mol. The predicted octanol–water partition coefficient (Wildman–Crippen LogP) is 3.00.